The molecule has 7 heteroatoms. The van der Waals surface area contributed by atoms with Crippen LogP contribution < -0.4 is 10.6 Å². The van der Waals surface area contributed by atoms with Crippen LogP contribution in [0.5, 0.6) is 0 Å². The first-order valence-electron chi connectivity index (χ1n) is 9.00. The van der Waals surface area contributed by atoms with Crippen LogP contribution in [0.4, 0.5) is 5.69 Å². The Morgan fingerprint density at radius 2 is 1.96 bits per heavy atom. The molecule has 0 aliphatic carbocycles. The Labute approximate surface area is 159 Å². The van der Waals surface area contributed by atoms with Crippen molar-refractivity contribution in [1.29, 1.82) is 0 Å². The van der Waals surface area contributed by atoms with E-state index >= 15 is 0 Å². The quantitative estimate of drug-likeness (QED) is 0.612. The van der Waals surface area contributed by atoms with Crippen molar-refractivity contribution in [3.05, 3.63) is 29.8 Å². The maximum atomic E-state index is 12.8. The Bertz CT molecular complexity index is 761. The standard InChI is InChI=1S/C20H27N3O4/c1-19(2,3)27-20(4,5)16(21-12-24)18(26)23-15-11-10-13-8-6-7-9-14(13)22-17(15)25/h6-9,15-16H,10-11H2,1-5H3,(H,22,25)(H,23,26)/t15-,16?/m1/s1. The summed E-state index contributed by atoms with van der Waals surface area (Å²) in [5.41, 5.74) is 0.172. The Balaban J connectivity index is 2.16. The Kier molecular flexibility index (Phi) is 6.19. The van der Waals surface area contributed by atoms with E-state index in [2.05, 4.69) is 15.6 Å². The number of aliphatic imine (C=N–C) groups is 1. The lowest BCUT2D eigenvalue weighted by Crippen LogP contribution is -2.54. The highest BCUT2D eigenvalue weighted by Gasteiger charge is 2.40. The van der Waals surface area contributed by atoms with E-state index in [9.17, 15) is 14.4 Å². The van der Waals surface area contributed by atoms with Crippen molar-refractivity contribution in [3.8, 4) is 0 Å². The molecule has 2 N–H and O–H groups in total. The largest absolute Gasteiger partial charge is 0.367 e. The third kappa shape index (κ3) is 5.49. The number of hydrogen-bond acceptors (Lipinski definition) is 5. The number of rotatable bonds is 5. The van der Waals surface area contributed by atoms with E-state index in [0.717, 1.165) is 11.3 Å². The normalized spacial score (nSPS) is 18.4. The number of carbonyl (C=O) groups excluding carboxylic acids is 3. The van der Waals surface area contributed by atoms with Crippen LogP contribution in [-0.4, -0.2) is 41.2 Å². The molecule has 146 valence electrons. The summed E-state index contributed by atoms with van der Waals surface area (Å²) in [7, 11) is 0. The summed E-state index contributed by atoms with van der Waals surface area (Å²) in [6.45, 7) is 8.93. The summed E-state index contributed by atoms with van der Waals surface area (Å²) < 4.78 is 5.92. The van der Waals surface area contributed by atoms with Crippen LogP contribution in [0.15, 0.2) is 29.3 Å². The number of benzene rings is 1. The van der Waals surface area contributed by atoms with E-state index in [1.165, 1.54) is 6.08 Å². The highest BCUT2D eigenvalue weighted by molar-refractivity contribution is 5.99. The zero-order chi connectivity index (χ0) is 20.2. The number of hydrogen-bond donors (Lipinski definition) is 2. The first-order chi connectivity index (χ1) is 12.5. The smallest absolute Gasteiger partial charge is 0.249 e. The van der Waals surface area contributed by atoms with Gasteiger partial charge in [0.15, 0.2) is 6.04 Å². The van der Waals surface area contributed by atoms with Crippen molar-refractivity contribution >= 4 is 23.6 Å². The average Bonchev–Trinajstić information content (AvgIpc) is 2.69. The second kappa shape index (κ2) is 8.03. The van der Waals surface area contributed by atoms with Gasteiger partial charge in [-0.2, -0.15) is 4.99 Å². The van der Waals surface area contributed by atoms with Gasteiger partial charge in [-0.1, -0.05) is 18.2 Å². The summed E-state index contributed by atoms with van der Waals surface area (Å²) in [5, 5.41) is 5.55. The highest BCUT2D eigenvalue weighted by atomic mass is 16.5. The van der Waals surface area contributed by atoms with Gasteiger partial charge in [0.25, 0.3) is 0 Å². The molecule has 2 rings (SSSR count). The second-order valence-corrected chi connectivity index (χ2v) is 8.19. The SMILES string of the molecule is CC(C)(C)OC(C)(C)C(N=C=O)C(=O)N[C@@H]1CCc2ccccc2NC1=O. The average molecular weight is 373 g/mol. The molecule has 1 unspecified atom stereocenters. The second-order valence-electron chi connectivity index (χ2n) is 8.19. The van der Waals surface area contributed by atoms with Gasteiger partial charge in [0.05, 0.1) is 11.2 Å². The first kappa shape index (κ1) is 20.8. The van der Waals surface area contributed by atoms with Crippen molar-refractivity contribution in [2.75, 3.05) is 5.32 Å². The van der Waals surface area contributed by atoms with E-state index in [-0.39, 0.29) is 5.91 Å². The Morgan fingerprint density at radius 3 is 2.59 bits per heavy atom. The molecule has 27 heavy (non-hydrogen) atoms. The molecule has 0 radical (unpaired) electrons. The minimum absolute atomic E-state index is 0.295. The van der Waals surface area contributed by atoms with Crippen molar-refractivity contribution < 1.29 is 19.1 Å². The number of isocyanates is 1. The van der Waals surface area contributed by atoms with E-state index in [0.29, 0.717) is 12.8 Å². The fourth-order valence-electron chi connectivity index (χ4n) is 3.33. The van der Waals surface area contributed by atoms with Crippen molar-refractivity contribution in [2.45, 2.75) is 70.7 Å². The monoisotopic (exact) mass is 373 g/mol. The molecule has 0 aromatic heterocycles. The fourth-order valence-corrected chi connectivity index (χ4v) is 3.33. The summed E-state index contributed by atoms with van der Waals surface area (Å²) >= 11 is 0. The predicted octanol–water partition coefficient (Wildman–Crippen LogP) is 2.35. The number of ether oxygens (including phenoxy) is 1. The molecule has 1 aliphatic heterocycles. The number of anilines is 1. The molecule has 2 amide bonds. The van der Waals surface area contributed by atoms with Crippen LogP contribution in [0.3, 0.4) is 0 Å². The minimum atomic E-state index is -1.12. The van der Waals surface area contributed by atoms with Gasteiger partial charge in [-0.05, 0) is 59.1 Å². The lowest BCUT2D eigenvalue weighted by Gasteiger charge is -2.36. The number of nitrogens with zero attached hydrogens (tertiary/aromatic N) is 1. The van der Waals surface area contributed by atoms with Crippen LogP contribution in [0, 0.1) is 0 Å². The highest BCUT2D eigenvalue weighted by Crippen LogP contribution is 2.26. The van der Waals surface area contributed by atoms with Crippen LogP contribution in [0.2, 0.25) is 0 Å². The molecule has 0 spiro atoms. The van der Waals surface area contributed by atoms with Gasteiger partial charge in [0.2, 0.25) is 17.9 Å². The number of fused-ring (bicyclic) bond motifs is 1. The van der Waals surface area contributed by atoms with Gasteiger partial charge in [-0.25, -0.2) is 4.79 Å². The first-order valence-corrected chi connectivity index (χ1v) is 9.00. The van der Waals surface area contributed by atoms with Crippen LogP contribution in [0.25, 0.3) is 0 Å². The van der Waals surface area contributed by atoms with Crippen molar-refractivity contribution in [2.24, 2.45) is 4.99 Å². The maximum absolute atomic E-state index is 12.8. The summed E-state index contributed by atoms with van der Waals surface area (Å²) in [5.74, 6) is -0.838. The van der Waals surface area contributed by atoms with Crippen LogP contribution in [-0.2, 0) is 25.5 Å². The molecule has 0 saturated heterocycles. The van der Waals surface area contributed by atoms with E-state index in [1.54, 1.807) is 13.8 Å². The van der Waals surface area contributed by atoms with Gasteiger partial charge in [-0.3, -0.25) is 9.59 Å². The number of carbonyl (C=O) groups is 2. The molecule has 1 aromatic rings. The number of nitrogens with one attached hydrogen (secondary N) is 2. The number of amides is 2. The van der Waals surface area contributed by atoms with Gasteiger partial charge in [0, 0.05) is 5.69 Å². The molecule has 0 bridgehead atoms. The van der Waals surface area contributed by atoms with Crippen LogP contribution in [0.1, 0.15) is 46.6 Å². The molecular weight excluding hydrogens is 346 g/mol. The zero-order valence-electron chi connectivity index (χ0n) is 16.5. The van der Waals surface area contributed by atoms with E-state index in [4.69, 9.17) is 4.74 Å². The van der Waals surface area contributed by atoms with Gasteiger partial charge in [-0.15, -0.1) is 0 Å². The summed E-state index contributed by atoms with van der Waals surface area (Å²) in [6.07, 6.45) is 2.54. The predicted molar refractivity (Wildman–Crippen MR) is 102 cm³/mol. The molecule has 2 atom stereocenters. The van der Waals surface area contributed by atoms with Gasteiger partial charge >= 0.3 is 0 Å². The number of para-hydroxylation sites is 1. The minimum Gasteiger partial charge on any atom is -0.367 e. The van der Waals surface area contributed by atoms with Crippen molar-refractivity contribution in [1.82, 2.24) is 5.32 Å². The maximum Gasteiger partial charge on any atom is 0.249 e. The molecule has 0 fully saturated rings. The Hall–Kier alpha value is -2.50. The van der Waals surface area contributed by atoms with E-state index < -0.39 is 29.2 Å². The lowest BCUT2D eigenvalue weighted by atomic mass is 9.96. The van der Waals surface area contributed by atoms with Crippen LogP contribution >= 0.6 is 0 Å². The molecule has 0 saturated carbocycles. The number of aryl methyl sites for hydroxylation is 1. The molecular formula is C20H27N3O4. The Morgan fingerprint density at radius 1 is 1.30 bits per heavy atom. The molecule has 7 nitrogen and oxygen atoms in total. The molecule has 1 aliphatic rings. The van der Waals surface area contributed by atoms with Gasteiger partial charge in [0.1, 0.15) is 6.04 Å². The molecule has 1 heterocycles. The topological polar surface area (TPSA) is 96.9 Å². The third-order valence-electron chi connectivity index (χ3n) is 4.27. The fraction of sp³-hybridized carbons (Fsp3) is 0.550. The zero-order valence-corrected chi connectivity index (χ0v) is 16.5. The summed E-state index contributed by atoms with van der Waals surface area (Å²) in [6, 6.07) is 5.69. The van der Waals surface area contributed by atoms with E-state index in [1.807, 2.05) is 45.0 Å². The third-order valence-corrected chi connectivity index (χ3v) is 4.27. The lowest BCUT2D eigenvalue weighted by molar-refractivity contribution is -0.147. The summed E-state index contributed by atoms with van der Waals surface area (Å²) in [4.78, 5) is 39.9. The van der Waals surface area contributed by atoms with Crippen molar-refractivity contribution in [3.63, 3.8) is 0 Å². The van der Waals surface area contributed by atoms with Gasteiger partial charge < -0.3 is 15.4 Å². The molecule has 1 aromatic carbocycles.